The molecule has 0 aliphatic heterocycles. The minimum absolute atomic E-state index is 0.122. The Bertz CT molecular complexity index is 988. The largest absolute Gasteiger partial charge is 0.293 e. The molecule has 0 aliphatic carbocycles. The summed E-state index contributed by atoms with van der Waals surface area (Å²) < 4.78 is 1.78. The van der Waals surface area contributed by atoms with Crippen LogP contribution in [0.15, 0.2) is 51.4 Å². The predicted molar refractivity (Wildman–Crippen MR) is 129 cm³/mol. The highest BCUT2D eigenvalue weighted by Crippen LogP contribution is 2.38. The number of Topliss-reactive ketones (excluding diaryl/α,β-unsaturated/α-hetero) is 1. The topological polar surface area (TPSA) is 17.1 Å². The van der Waals surface area contributed by atoms with Crippen LogP contribution in [0, 0.1) is 41.5 Å². The van der Waals surface area contributed by atoms with Gasteiger partial charge in [0.1, 0.15) is 0 Å². The number of rotatable bonds is 4. The van der Waals surface area contributed by atoms with E-state index < -0.39 is 0 Å². The SMILES string of the molecule is Cc1cc(C)c(C(C(=O)c2cc(Br)cc(Br)c2)c2c(C)cc(C)cc2C)c(C)c1. The summed E-state index contributed by atoms with van der Waals surface area (Å²) in [5.41, 5.74) is 10.0. The Morgan fingerprint density at radius 1 is 0.621 bits per heavy atom. The Balaban J connectivity index is 2.33. The van der Waals surface area contributed by atoms with E-state index in [0.29, 0.717) is 5.56 Å². The number of carbonyl (C=O) groups is 1. The first-order chi connectivity index (χ1) is 13.6. The Morgan fingerprint density at radius 3 is 1.31 bits per heavy atom. The van der Waals surface area contributed by atoms with Crippen molar-refractivity contribution in [3.63, 3.8) is 0 Å². The van der Waals surface area contributed by atoms with E-state index in [0.717, 1.165) is 42.3 Å². The van der Waals surface area contributed by atoms with Crippen molar-refractivity contribution in [2.24, 2.45) is 0 Å². The van der Waals surface area contributed by atoms with Gasteiger partial charge in [-0.25, -0.2) is 0 Å². The van der Waals surface area contributed by atoms with E-state index in [-0.39, 0.29) is 11.7 Å². The summed E-state index contributed by atoms with van der Waals surface area (Å²) in [6, 6.07) is 14.5. The van der Waals surface area contributed by atoms with E-state index in [9.17, 15) is 4.79 Å². The molecule has 0 heterocycles. The molecular formula is C26H26Br2O. The molecule has 150 valence electrons. The minimum Gasteiger partial charge on any atom is -0.293 e. The maximum Gasteiger partial charge on any atom is 0.174 e. The first-order valence-corrected chi connectivity index (χ1v) is 11.3. The third-order valence-electron chi connectivity index (χ3n) is 5.46. The molecule has 3 rings (SSSR count). The van der Waals surface area contributed by atoms with Crippen LogP contribution in [-0.2, 0) is 0 Å². The molecular weight excluding hydrogens is 488 g/mol. The third kappa shape index (κ3) is 4.57. The van der Waals surface area contributed by atoms with Crippen molar-refractivity contribution in [2.75, 3.05) is 0 Å². The van der Waals surface area contributed by atoms with Crippen LogP contribution in [-0.4, -0.2) is 5.78 Å². The highest BCUT2D eigenvalue weighted by atomic mass is 79.9. The van der Waals surface area contributed by atoms with Gasteiger partial charge in [0, 0.05) is 14.5 Å². The van der Waals surface area contributed by atoms with Crippen molar-refractivity contribution in [3.8, 4) is 0 Å². The maximum absolute atomic E-state index is 14.0. The highest BCUT2D eigenvalue weighted by Gasteiger charge is 2.30. The summed E-state index contributed by atoms with van der Waals surface area (Å²) in [7, 11) is 0. The van der Waals surface area contributed by atoms with E-state index in [1.54, 1.807) is 0 Å². The normalized spacial score (nSPS) is 11.2. The lowest BCUT2D eigenvalue weighted by atomic mass is 9.77. The Morgan fingerprint density at radius 2 is 0.966 bits per heavy atom. The summed E-state index contributed by atoms with van der Waals surface area (Å²) in [5, 5.41) is 0. The number of hydrogen-bond donors (Lipinski definition) is 0. The molecule has 0 atom stereocenters. The van der Waals surface area contributed by atoms with Crippen LogP contribution in [0.4, 0.5) is 0 Å². The summed E-state index contributed by atoms with van der Waals surface area (Å²) in [6.45, 7) is 12.7. The van der Waals surface area contributed by atoms with Gasteiger partial charge >= 0.3 is 0 Å². The molecule has 3 heteroatoms. The Kier molecular flexibility index (Phi) is 6.50. The lowest BCUT2D eigenvalue weighted by molar-refractivity contribution is 0.0972. The fourth-order valence-corrected chi connectivity index (χ4v) is 5.86. The van der Waals surface area contributed by atoms with Crippen molar-refractivity contribution in [3.05, 3.63) is 101 Å². The van der Waals surface area contributed by atoms with Gasteiger partial charge in [-0.05, 0) is 93.1 Å². The van der Waals surface area contributed by atoms with Gasteiger partial charge < -0.3 is 0 Å². The van der Waals surface area contributed by atoms with Gasteiger partial charge in [-0.2, -0.15) is 0 Å². The van der Waals surface area contributed by atoms with Crippen LogP contribution in [0.5, 0.6) is 0 Å². The standard InChI is InChI=1S/C26H26Br2O/c1-14-7-16(3)23(17(4)8-14)25(24-18(5)9-15(2)10-19(24)6)26(29)20-11-21(27)13-22(28)12-20/h7-13,25H,1-6H3. The second kappa shape index (κ2) is 8.57. The lowest BCUT2D eigenvalue weighted by Gasteiger charge is -2.26. The molecule has 0 bridgehead atoms. The maximum atomic E-state index is 14.0. The number of aryl methyl sites for hydroxylation is 6. The summed E-state index contributed by atoms with van der Waals surface area (Å²) in [6.07, 6.45) is 0. The zero-order valence-corrected chi connectivity index (χ0v) is 21.0. The molecule has 0 amide bonds. The molecule has 3 aromatic rings. The van der Waals surface area contributed by atoms with Crippen LogP contribution in [0.2, 0.25) is 0 Å². The molecule has 0 N–H and O–H groups in total. The summed E-state index contributed by atoms with van der Waals surface area (Å²) >= 11 is 7.08. The number of benzene rings is 3. The third-order valence-corrected chi connectivity index (χ3v) is 6.38. The van der Waals surface area contributed by atoms with Crippen molar-refractivity contribution in [2.45, 2.75) is 47.5 Å². The summed E-state index contributed by atoms with van der Waals surface area (Å²) in [4.78, 5) is 14.0. The second-order valence-corrected chi connectivity index (χ2v) is 9.91. The molecule has 0 saturated carbocycles. The lowest BCUT2D eigenvalue weighted by Crippen LogP contribution is -2.19. The van der Waals surface area contributed by atoms with Crippen LogP contribution in [0.1, 0.15) is 60.8 Å². The first-order valence-electron chi connectivity index (χ1n) is 9.74. The van der Waals surface area contributed by atoms with Crippen LogP contribution in [0.3, 0.4) is 0 Å². The monoisotopic (exact) mass is 512 g/mol. The van der Waals surface area contributed by atoms with Gasteiger partial charge in [0.2, 0.25) is 0 Å². The number of halogens is 2. The van der Waals surface area contributed by atoms with E-state index in [2.05, 4.69) is 97.7 Å². The number of hydrogen-bond acceptors (Lipinski definition) is 1. The number of ketones is 1. The van der Waals surface area contributed by atoms with Gasteiger partial charge in [0.25, 0.3) is 0 Å². The zero-order valence-electron chi connectivity index (χ0n) is 17.8. The zero-order chi connectivity index (χ0) is 21.5. The van der Waals surface area contributed by atoms with E-state index in [1.165, 1.54) is 11.1 Å². The minimum atomic E-state index is -0.336. The van der Waals surface area contributed by atoms with Crippen molar-refractivity contribution in [1.29, 1.82) is 0 Å². The van der Waals surface area contributed by atoms with Gasteiger partial charge in [0.05, 0.1) is 5.92 Å². The molecule has 0 saturated heterocycles. The average Bonchev–Trinajstić information content (AvgIpc) is 2.57. The van der Waals surface area contributed by atoms with Crippen LogP contribution < -0.4 is 0 Å². The molecule has 0 aromatic heterocycles. The number of carbonyl (C=O) groups excluding carboxylic acids is 1. The van der Waals surface area contributed by atoms with Crippen molar-refractivity contribution >= 4 is 37.6 Å². The van der Waals surface area contributed by atoms with E-state index in [4.69, 9.17) is 0 Å². The van der Waals surface area contributed by atoms with Gasteiger partial charge in [-0.1, -0.05) is 67.3 Å². The van der Waals surface area contributed by atoms with Gasteiger partial charge in [-0.15, -0.1) is 0 Å². The van der Waals surface area contributed by atoms with Crippen molar-refractivity contribution < 1.29 is 4.79 Å². The molecule has 0 unspecified atom stereocenters. The molecule has 29 heavy (non-hydrogen) atoms. The quantitative estimate of drug-likeness (QED) is 0.322. The fraction of sp³-hybridized carbons (Fsp3) is 0.269. The van der Waals surface area contributed by atoms with Crippen LogP contribution >= 0.6 is 31.9 Å². The predicted octanol–water partition coefficient (Wildman–Crippen LogP) is 8.08. The van der Waals surface area contributed by atoms with E-state index in [1.807, 2.05) is 18.2 Å². The molecule has 0 radical (unpaired) electrons. The molecule has 0 fully saturated rings. The Hall–Kier alpha value is -1.71. The highest BCUT2D eigenvalue weighted by molar-refractivity contribution is 9.11. The first kappa shape index (κ1) is 22.0. The van der Waals surface area contributed by atoms with E-state index >= 15 is 0 Å². The Labute approximate surface area is 190 Å². The van der Waals surface area contributed by atoms with Crippen molar-refractivity contribution in [1.82, 2.24) is 0 Å². The second-order valence-electron chi connectivity index (χ2n) is 8.08. The smallest absolute Gasteiger partial charge is 0.174 e. The molecule has 3 aromatic carbocycles. The van der Waals surface area contributed by atoms with Crippen LogP contribution in [0.25, 0.3) is 0 Å². The summed E-state index contributed by atoms with van der Waals surface area (Å²) in [5.74, 6) is -0.213. The average molecular weight is 514 g/mol. The van der Waals surface area contributed by atoms with Gasteiger partial charge in [0.15, 0.2) is 5.78 Å². The molecule has 0 spiro atoms. The molecule has 0 aliphatic rings. The van der Waals surface area contributed by atoms with Gasteiger partial charge in [-0.3, -0.25) is 4.79 Å². The fourth-order valence-electron chi connectivity index (χ4n) is 4.56. The molecule has 1 nitrogen and oxygen atoms in total.